The quantitative estimate of drug-likeness (QED) is 0.482. The van der Waals surface area contributed by atoms with E-state index >= 15 is 0 Å². The second-order valence-electron chi connectivity index (χ2n) is 8.53. The van der Waals surface area contributed by atoms with Gasteiger partial charge in [-0.25, -0.2) is 9.18 Å². The predicted octanol–water partition coefficient (Wildman–Crippen LogP) is 5.62. The lowest BCUT2D eigenvalue weighted by molar-refractivity contribution is 0.0715. The molecule has 0 spiro atoms. The van der Waals surface area contributed by atoms with Gasteiger partial charge in [-0.05, 0) is 56.2 Å². The summed E-state index contributed by atoms with van der Waals surface area (Å²) in [6, 6.07) is 15.4. The summed E-state index contributed by atoms with van der Waals surface area (Å²) in [5.41, 5.74) is 3.42. The third-order valence-corrected chi connectivity index (χ3v) is 7.48. The molecule has 0 radical (unpaired) electrons. The first-order chi connectivity index (χ1) is 16.9. The van der Waals surface area contributed by atoms with Crippen LogP contribution in [-0.2, 0) is 4.74 Å². The molecule has 4 rings (SSSR count). The summed E-state index contributed by atoms with van der Waals surface area (Å²) >= 11 is 1.53. The Balaban J connectivity index is 1.69. The Hall–Kier alpha value is -3.23. The van der Waals surface area contributed by atoms with Gasteiger partial charge in [0, 0.05) is 42.2 Å². The summed E-state index contributed by atoms with van der Waals surface area (Å²) in [6.07, 6.45) is -0.312. The molecule has 0 unspecified atom stereocenters. The van der Waals surface area contributed by atoms with Crippen molar-refractivity contribution in [2.75, 3.05) is 38.1 Å². The SMILES string of the molecule is CCOC(=O)N1CCN([C@H](c2cccc(F)c2)c2c(NC(=O)c3ccccc3)sc(C)c2C)CC1. The summed E-state index contributed by atoms with van der Waals surface area (Å²) in [7, 11) is 0. The Morgan fingerprint density at radius 2 is 1.77 bits per heavy atom. The minimum atomic E-state index is -0.312. The molecule has 1 aliphatic heterocycles. The molecule has 0 aliphatic carbocycles. The first kappa shape index (κ1) is 24.9. The van der Waals surface area contributed by atoms with Crippen molar-refractivity contribution < 1.29 is 18.7 Å². The van der Waals surface area contributed by atoms with E-state index in [0.717, 1.165) is 26.6 Å². The van der Waals surface area contributed by atoms with Crippen LogP contribution in [-0.4, -0.2) is 54.6 Å². The van der Waals surface area contributed by atoms with Crippen molar-refractivity contribution in [3.63, 3.8) is 0 Å². The van der Waals surface area contributed by atoms with Gasteiger partial charge in [0.1, 0.15) is 10.8 Å². The minimum absolute atomic E-state index is 0.182. The van der Waals surface area contributed by atoms with Crippen molar-refractivity contribution in [1.29, 1.82) is 0 Å². The van der Waals surface area contributed by atoms with Crippen molar-refractivity contribution in [2.24, 2.45) is 0 Å². The number of benzene rings is 2. The highest BCUT2D eigenvalue weighted by Gasteiger charge is 2.33. The average molecular weight is 496 g/mol. The lowest BCUT2D eigenvalue weighted by Gasteiger charge is -2.39. The van der Waals surface area contributed by atoms with Crippen molar-refractivity contribution >= 4 is 28.3 Å². The fourth-order valence-corrected chi connectivity index (χ4v) is 5.53. The van der Waals surface area contributed by atoms with Gasteiger partial charge in [-0.15, -0.1) is 11.3 Å². The van der Waals surface area contributed by atoms with Crippen LogP contribution in [0.4, 0.5) is 14.2 Å². The molecule has 1 fully saturated rings. The minimum Gasteiger partial charge on any atom is -0.450 e. The number of thiophene rings is 1. The van der Waals surface area contributed by atoms with E-state index in [1.54, 1.807) is 36.1 Å². The van der Waals surface area contributed by atoms with Gasteiger partial charge in [0.15, 0.2) is 0 Å². The van der Waals surface area contributed by atoms with Crippen LogP contribution in [0.15, 0.2) is 54.6 Å². The Bertz CT molecular complexity index is 1190. The number of carbonyl (C=O) groups excluding carboxylic acids is 2. The molecule has 1 aliphatic rings. The molecular weight excluding hydrogens is 465 g/mol. The van der Waals surface area contributed by atoms with Gasteiger partial charge in [-0.2, -0.15) is 0 Å². The second kappa shape index (κ2) is 11.0. The Labute approximate surface area is 209 Å². The number of hydrogen-bond acceptors (Lipinski definition) is 5. The molecule has 6 nitrogen and oxygen atoms in total. The molecule has 2 heterocycles. The van der Waals surface area contributed by atoms with Crippen LogP contribution >= 0.6 is 11.3 Å². The van der Waals surface area contributed by atoms with Crippen molar-refractivity contribution in [2.45, 2.75) is 26.8 Å². The van der Waals surface area contributed by atoms with Crippen LogP contribution in [0.2, 0.25) is 0 Å². The number of nitrogens with one attached hydrogen (secondary N) is 1. The van der Waals surface area contributed by atoms with E-state index < -0.39 is 0 Å². The van der Waals surface area contributed by atoms with Crippen molar-refractivity contribution in [3.05, 3.63) is 87.5 Å². The summed E-state index contributed by atoms with van der Waals surface area (Å²) in [6.45, 7) is 8.42. The van der Waals surface area contributed by atoms with Gasteiger partial charge in [0.2, 0.25) is 0 Å². The third-order valence-electron chi connectivity index (χ3n) is 6.34. The first-order valence-corrected chi connectivity index (χ1v) is 12.6. The van der Waals surface area contributed by atoms with E-state index in [9.17, 15) is 14.0 Å². The molecule has 2 amide bonds. The first-order valence-electron chi connectivity index (χ1n) is 11.8. The summed E-state index contributed by atoms with van der Waals surface area (Å²) in [4.78, 5) is 30.3. The molecule has 1 saturated heterocycles. The van der Waals surface area contributed by atoms with E-state index in [-0.39, 0.29) is 23.9 Å². The standard InChI is InChI=1S/C27H30FN3O3S/c1-4-34-27(33)31-15-13-30(14-16-31)24(21-11-8-12-22(28)17-21)23-18(2)19(3)35-26(23)29-25(32)20-9-6-5-7-10-20/h5-12,17,24H,4,13-16H2,1-3H3,(H,29,32)/t24-/m1/s1. The van der Waals surface area contributed by atoms with Crippen LogP contribution in [0, 0.1) is 19.7 Å². The molecule has 184 valence electrons. The number of halogens is 1. The molecule has 1 aromatic heterocycles. The topological polar surface area (TPSA) is 61.9 Å². The van der Waals surface area contributed by atoms with Crippen LogP contribution in [0.5, 0.6) is 0 Å². The summed E-state index contributed by atoms with van der Waals surface area (Å²) in [5.74, 6) is -0.490. The van der Waals surface area contributed by atoms with E-state index in [2.05, 4.69) is 10.2 Å². The Morgan fingerprint density at radius 1 is 1.06 bits per heavy atom. The molecule has 8 heteroatoms. The smallest absolute Gasteiger partial charge is 0.409 e. The fourth-order valence-electron chi connectivity index (χ4n) is 4.45. The van der Waals surface area contributed by atoms with Crippen LogP contribution in [0.3, 0.4) is 0 Å². The number of hydrogen-bond donors (Lipinski definition) is 1. The molecule has 35 heavy (non-hydrogen) atoms. The van der Waals surface area contributed by atoms with Gasteiger partial charge in [0.25, 0.3) is 5.91 Å². The monoisotopic (exact) mass is 495 g/mol. The number of nitrogens with zero attached hydrogens (tertiary/aromatic N) is 2. The largest absolute Gasteiger partial charge is 0.450 e. The number of rotatable bonds is 6. The van der Waals surface area contributed by atoms with E-state index in [1.165, 1.54) is 17.4 Å². The molecule has 3 aromatic rings. The molecule has 0 saturated carbocycles. The fraction of sp³-hybridized carbons (Fsp3) is 0.333. The molecule has 0 bridgehead atoms. The highest BCUT2D eigenvalue weighted by atomic mass is 32.1. The molecule has 1 atom stereocenters. The zero-order valence-corrected chi connectivity index (χ0v) is 21.0. The maximum atomic E-state index is 14.3. The van der Waals surface area contributed by atoms with Crippen molar-refractivity contribution in [1.82, 2.24) is 9.80 Å². The van der Waals surface area contributed by atoms with E-state index in [4.69, 9.17) is 4.74 Å². The van der Waals surface area contributed by atoms with Gasteiger partial charge in [0.05, 0.1) is 12.6 Å². The molecular formula is C27H30FN3O3S. The number of ether oxygens (including phenoxy) is 1. The maximum absolute atomic E-state index is 14.3. The Kier molecular flexibility index (Phi) is 7.83. The molecule has 2 aromatic carbocycles. The van der Waals surface area contributed by atoms with E-state index in [0.29, 0.717) is 38.3 Å². The van der Waals surface area contributed by atoms with Gasteiger partial charge < -0.3 is 15.0 Å². The normalized spacial score (nSPS) is 15.0. The van der Waals surface area contributed by atoms with Crippen molar-refractivity contribution in [3.8, 4) is 0 Å². The van der Waals surface area contributed by atoms with Gasteiger partial charge in [-0.1, -0.05) is 30.3 Å². The highest BCUT2D eigenvalue weighted by molar-refractivity contribution is 7.16. The van der Waals surface area contributed by atoms with Crippen LogP contribution < -0.4 is 5.32 Å². The number of carbonyl (C=O) groups is 2. The van der Waals surface area contributed by atoms with Gasteiger partial charge in [-0.3, -0.25) is 9.69 Å². The Morgan fingerprint density at radius 3 is 2.43 bits per heavy atom. The predicted molar refractivity (Wildman–Crippen MR) is 137 cm³/mol. The highest BCUT2D eigenvalue weighted by Crippen LogP contribution is 2.42. The van der Waals surface area contributed by atoms with Crippen LogP contribution in [0.25, 0.3) is 0 Å². The molecule has 1 N–H and O–H groups in total. The van der Waals surface area contributed by atoms with E-state index in [1.807, 2.05) is 38.1 Å². The zero-order valence-electron chi connectivity index (χ0n) is 20.2. The number of piperazine rings is 1. The average Bonchev–Trinajstić information content (AvgIpc) is 3.13. The lowest BCUT2D eigenvalue weighted by Crippen LogP contribution is -2.50. The number of amides is 2. The third kappa shape index (κ3) is 5.55. The summed E-state index contributed by atoms with van der Waals surface area (Å²) < 4.78 is 19.5. The van der Waals surface area contributed by atoms with Gasteiger partial charge >= 0.3 is 6.09 Å². The maximum Gasteiger partial charge on any atom is 0.409 e. The lowest BCUT2D eigenvalue weighted by atomic mass is 9.94. The van der Waals surface area contributed by atoms with Crippen LogP contribution in [0.1, 0.15) is 44.9 Å². The summed E-state index contributed by atoms with van der Waals surface area (Å²) in [5, 5.41) is 3.87. The number of anilines is 1. The number of aryl methyl sites for hydroxylation is 1. The second-order valence-corrected chi connectivity index (χ2v) is 9.75. The zero-order chi connectivity index (χ0) is 24.9.